The second kappa shape index (κ2) is 4.17. The molecule has 2 atom stereocenters. The lowest BCUT2D eigenvalue weighted by Crippen LogP contribution is -2.37. The molecule has 1 unspecified atom stereocenters. The molecule has 3 heteroatoms. The zero-order valence-corrected chi connectivity index (χ0v) is 9.67. The third-order valence-corrected chi connectivity index (χ3v) is 2.87. The Morgan fingerprint density at radius 1 is 1.36 bits per heavy atom. The Morgan fingerprint density at radius 3 is 2.36 bits per heavy atom. The Bertz CT molecular complexity index is 191. The zero-order valence-electron chi connectivity index (χ0n) is 9.67. The van der Waals surface area contributed by atoms with Crippen LogP contribution in [0.3, 0.4) is 0 Å². The van der Waals surface area contributed by atoms with E-state index in [-0.39, 0.29) is 11.7 Å². The van der Waals surface area contributed by atoms with Crippen LogP contribution in [0, 0.1) is 0 Å². The van der Waals surface area contributed by atoms with Crippen LogP contribution in [0.15, 0.2) is 0 Å². The van der Waals surface area contributed by atoms with Crippen molar-refractivity contribution >= 4 is 0 Å². The molecule has 0 aromatic carbocycles. The van der Waals surface area contributed by atoms with Crippen molar-refractivity contribution in [3.63, 3.8) is 0 Å². The highest BCUT2D eigenvalue weighted by Gasteiger charge is 2.44. The van der Waals surface area contributed by atoms with Crippen molar-refractivity contribution in [3.05, 3.63) is 0 Å². The topological polar surface area (TPSA) is 38.7 Å². The van der Waals surface area contributed by atoms with E-state index in [1.165, 1.54) is 0 Å². The maximum absolute atomic E-state index is 9.65. The van der Waals surface area contributed by atoms with E-state index >= 15 is 0 Å². The molecule has 1 aliphatic heterocycles. The summed E-state index contributed by atoms with van der Waals surface area (Å²) in [6, 6.07) is 0. The van der Waals surface area contributed by atoms with Crippen molar-refractivity contribution in [2.45, 2.75) is 64.4 Å². The highest BCUT2D eigenvalue weighted by atomic mass is 16.8. The summed E-state index contributed by atoms with van der Waals surface area (Å²) >= 11 is 0. The predicted octanol–water partition coefficient (Wildman–Crippen LogP) is 2.08. The highest BCUT2D eigenvalue weighted by molar-refractivity contribution is 4.88. The maximum atomic E-state index is 9.65. The molecule has 0 radical (unpaired) electrons. The maximum Gasteiger partial charge on any atom is 0.163 e. The SMILES string of the molecule is CCC(O)C[C@]1(CC)COC(C)(C)O1. The van der Waals surface area contributed by atoms with E-state index in [0.29, 0.717) is 13.0 Å². The van der Waals surface area contributed by atoms with Gasteiger partial charge in [0.15, 0.2) is 5.79 Å². The monoisotopic (exact) mass is 202 g/mol. The normalized spacial score (nSPS) is 33.2. The van der Waals surface area contributed by atoms with E-state index in [9.17, 15) is 5.11 Å². The summed E-state index contributed by atoms with van der Waals surface area (Å²) in [6.07, 6.45) is 2.04. The van der Waals surface area contributed by atoms with Crippen LogP contribution in [0.5, 0.6) is 0 Å². The second-order valence-corrected chi connectivity index (χ2v) is 4.59. The van der Waals surface area contributed by atoms with E-state index in [1.807, 2.05) is 20.8 Å². The van der Waals surface area contributed by atoms with Crippen molar-refractivity contribution in [1.29, 1.82) is 0 Å². The number of aliphatic hydroxyl groups is 1. The zero-order chi connectivity index (χ0) is 10.8. The van der Waals surface area contributed by atoms with Gasteiger partial charge in [-0.05, 0) is 26.7 Å². The minimum absolute atomic E-state index is 0.279. The smallest absolute Gasteiger partial charge is 0.163 e. The lowest BCUT2D eigenvalue weighted by molar-refractivity contribution is -0.167. The third kappa shape index (κ3) is 2.69. The number of hydrogen-bond acceptors (Lipinski definition) is 3. The van der Waals surface area contributed by atoms with E-state index in [4.69, 9.17) is 9.47 Å². The fourth-order valence-electron chi connectivity index (χ4n) is 1.88. The van der Waals surface area contributed by atoms with Gasteiger partial charge in [-0.2, -0.15) is 0 Å². The van der Waals surface area contributed by atoms with Crippen LogP contribution in [0.1, 0.15) is 47.0 Å². The molecule has 0 spiro atoms. The van der Waals surface area contributed by atoms with Crippen molar-refractivity contribution in [2.24, 2.45) is 0 Å². The third-order valence-electron chi connectivity index (χ3n) is 2.87. The fourth-order valence-corrected chi connectivity index (χ4v) is 1.88. The Morgan fingerprint density at radius 2 is 2.00 bits per heavy atom. The Hall–Kier alpha value is -0.120. The summed E-state index contributed by atoms with van der Waals surface area (Å²) < 4.78 is 11.4. The van der Waals surface area contributed by atoms with Crippen LogP contribution >= 0.6 is 0 Å². The minimum Gasteiger partial charge on any atom is -0.393 e. The van der Waals surface area contributed by atoms with Gasteiger partial charge in [0.05, 0.1) is 18.3 Å². The molecule has 0 saturated carbocycles. The number of rotatable bonds is 4. The fraction of sp³-hybridized carbons (Fsp3) is 1.00. The molecule has 1 saturated heterocycles. The van der Waals surface area contributed by atoms with E-state index in [1.54, 1.807) is 0 Å². The van der Waals surface area contributed by atoms with E-state index in [2.05, 4.69) is 6.92 Å². The van der Waals surface area contributed by atoms with Gasteiger partial charge in [0, 0.05) is 6.42 Å². The summed E-state index contributed by atoms with van der Waals surface area (Å²) in [5.74, 6) is -0.497. The molecule has 1 fully saturated rings. The van der Waals surface area contributed by atoms with Gasteiger partial charge < -0.3 is 14.6 Å². The summed E-state index contributed by atoms with van der Waals surface area (Å²) in [5, 5.41) is 9.65. The van der Waals surface area contributed by atoms with Gasteiger partial charge in [-0.25, -0.2) is 0 Å². The summed E-state index contributed by atoms with van der Waals surface area (Å²) in [7, 11) is 0. The van der Waals surface area contributed by atoms with Crippen LogP contribution < -0.4 is 0 Å². The molecule has 0 amide bonds. The molecule has 84 valence electrons. The highest BCUT2D eigenvalue weighted by Crippen LogP contribution is 2.36. The minimum atomic E-state index is -0.497. The molecule has 0 aliphatic carbocycles. The molecule has 1 aliphatic rings. The van der Waals surface area contributed by atoms with Gasteiger partial charge in [-0.3, -0.25) is 0 Å². The molecule has 1 rings (SSSR count). The molecule has 0 aromatic heterocycles. The van der Waals surface area contributed by atoms with Crippen molar-refractivity contribution < 1.29 is 14.6 Å². The van der Waals surface area contributed by atoms with Crippen molar-refractivity contribution in [2.75, 3.05) is 6.61 Å². The summed E-state index contributed by atoms with van der Waals surface area (Å²) in [5.41, 5.74) is -0.279. The standard InChI is InChI=1S/C11H22O3/c1-5-9(12)7-11(6-2)8-13-10(3,4)14-11/h9,12H,5-8H2,1-4H3/t9?,11-/m1/s1. The largest absolute Gasteiger partial charge is 0.393 e. The molecule has 14 heavy (non-hydrogen) atoms. The van der Waals surface area contributed by atoms with Crippen molar-refractivity contribution in [3.8, 4) is 0 Å². The van der Waals surface area contributed by atoms with Gasteiger partial charge >= 0.3 is 0 Å². The van der Waals surface area contributed by atoms with Crippen LogP contribution in [-0.2, 0) is 9.47 Å². The number of ether oxygens (including phenoxy) is 2. The van der Waals surface area contributed by atoms with Gasteiger partial charge in [0.1, 0.15) is 0 Å². The molecule has 1 heterocycles. The van der Waals surface area contributed by atoms with Gasteiger partial charge in [0.25, 0.3) is 0 Å². The van der Waals surface area contributed by atoms with Crippen LogP contribution in [0.4, 0.5) is 0 Å². The quantitative estimate of drug-likeness (QED) is 0.758. The summed E-state index contributed by atoms with van der Waals surface area (Å²) in [4.78, 5) is 0. The first kappa shape index (κ1) is 12.0. The van der Waals surface area contributed by atoms with Gasteiger partial charge in [0.2, 0.25) is 0 Å². The first-order valence-electron chi connectivity index (χ1n) is 5.45. The number of aliphatic hydroxyl groups excluding tert-OH is 1. The Labute approximate surface area is 86.4 Å². The molecule has 1 N–H and O–H groups in total. The van der Waals surface area contributed by atoms with Crippen molar-refractivity contribution in [1.82, 2.24) is 0 Å². The summed E-state index contributed by atoms with van der Waals surface area (Å²) in [6.45, 7) is 8.49. The average Bonchev–Trinajstić information content (AvgIpc) is 2.42. The van der Waals surface area contributed by atoms with Crippen LogP contribution in [0.2, 0.25) is 0 Å². The van der Waals surface area contributed by atoms with Gasteiger partial charge in [-0.15, -0.1) is 0 Å². The molecular weight excluding hydrogens is 180 g/mol. The van der Waals surface area contributed by atoms with Gasteiger partial charge in [-0.1, -0.05) is 13.8 Å². The second-order valence-electron chi connectivity index (χ2n) is 4.59. The average molecular weight is 202 g/mol. The first-order chi connectivity index (χ1) is 6.43. The van der Waals surface area contributed by atoms with E-state index < -0.39 is 5.79 Å². The Balaban J connectivity index is 2.60. The molecule has 0 aromatic rings. The van der Waals surface area contributed by atoms with Crippen LogP contribution in [0.25, 0.3) is 0 Å². The predicted molar refractivity (Wildman–Crippen MR) is 55.1 cm³/mol. The molecular formula is C11H22O3. The van der Waals surface area contributed by atoms with E-state index in [0.717, 1.165) is 12.8 Å². The molecule has 0 bridgehead atoms. The number of hydrogen-bond donors (Lipinski definition) is 1. The lowest BCUT2D eigenvalue weighted by atomic mass is 9.93. The molecule has 3 nitrogen and oxygen atoms in total. The Kier molecular flexibility index (Phi) is 3.56. The van der Waals surface area contributed by atoms with Crippen LogP contribution in [-0.4, -0.2) is 29.2 Å². The first-order valence-corrected chi connectivity index (χ1v) is 5.45. The lowest BCUT2D eigenvalue weighted by Gasteiger charge is -2.29.